The van der Waals surface area contributed by atoms with Crippen LogP contribution >= 0.6 is 0 Å². The molecular formula is C33H45N5O3. The van der Waals surface area contributed by atoms with Gasteiger partial charge in [-0.05, 0) is 69.4 Å². The summed E-state index contributed by atoms with van der Waals surface area (Å²) in [4.78, 5) is 18.5. The molecule has 3 N–H and O–H groups in total. The van der Waals surface area contributed by atoms with Gasteiger partial charge >= 0.3 is 0 Å². The lowest BCUT2D eigenvalue weighted by Gasteiger charge is -2.48. The molecule has 8 heteroatoms. The number of carbonyl (C=O) groups is 1. The number of morpholine rings is 1. The second-order valence-corrected chi connectivity index (χ2v) is 12.4. The van der Waals surface area contributed by atoms with Gasteiger partial charge in [-0.3, -0.25) is 14.8 Å². The van der Waals surface area contributed by atoms with Crippen LogP contribution < -0.4 is 10.2 Å². The Labute approximate surface area is 243 Å². The molecule has 1 aromatic heterocycles. The first-order valence-electron chi connectivity index (χ1n) is 15.6. The van der Waals surface area contributed by atoms with Crippen molar-refractivity contribution >= 4 is 22.5 Å². The predicted molar refractivity (Wildman–Crippen MR) is 163 cm³/mol. The number of nitrogens with zero attached hydrogens (tertiary/aromatic N) is 3. The standard InChI is InChI=1S/C33H45N5O3/c1-3-26-21-28(39)19-23(2)38(26)27-10-7-24(8-11-27)31-29-20-25(9-12-30(29)35-36-31)32(40)34-22-33(13-5-4-6-14-33)37-15-17-41-18-16-37/h7-12,20,23,26,28,39H,3-6,13-19,21-22H2,1-2H3,(H,34,40)(H,35,36). The monoisotopic (exact) mass is 559 g/mol. The topological polar surface area (TPSA) is 93.7 Å². The van der Waals surface area contributed by atoms with Crippen molar-refractivity contribution < 1.29 is 14.6 Å². The molecule has 2 saturated heterocycles. The number of benzene rings is 2. The van der Waals surface area contributed by atoms with Crippen molar-refractivity contribution in [3.05, 3.63) is 48.0 Å². The number of aromatic amines is 1. The number of rotatable bonds is 7. The van der Waals surface area contributed by atoms with E-state index in [1.54, 1.807) is 0 Å². The van der Waals surface area contributed by atoms with Gasteiger partial charge < -0.3 is 20.1 Å². The quantitative estimate of drug-likeness (QED) is 0.372. The van der Waals surface area contributed by atoms with Crippen molar-refractivity contribution in [2.75, 3.05) is 37.7 Å². The third-order valence-corrected chi connectivity index (χ3v) is 9.80. The van der Waals surface area contributed by atoms with E-state index >= 15 is 0 Å². The van der Waals surface area contributed by atoms with E-state index in [1.807, 2.05) is 18.2 Å². The minimum atomic E-state index is -0.222. The zero-order valence-electron chi connectivity index (χ0n) is 24.6. The van der Waals surface area contributed by atoms with Gasteiger partial charge in [0.25, 0.3) is 5.91 Å². The maximum atomic E-state index is 13.5. The number of H-pyrrole nitrogens is 1. The minimum absolute atomic E-state index is 0.0283. The number of hydrogen-bond acceptors (Lipinski definition) is 6. The van der Waals surface area contributed by atoms with Gasteiger partial charge in [0, 0.05) is 59.5 Å². The van der Waals surface area contributed by atoms with Gasteiger partial charge in [-0.15, -0.1) is 0 Å². The van der Waals surface area contributed by atoms with Crippen LogP contribution in [-0.4, -0.2) is 82.7 Å². The third-order valence-electron chi connectivity index (χ3n) is 9.80. The number of nitrogens with one attached hydrogen (secondary N) is 2. The Kier molecular flexibility index (Phi) is 8.33. The molecule has 1 aliphatic carbocycles. The fourth-order valence-electron chi connectivity index (χ4n) is 7.59. The van der Waals surface area contributed by atoms with E-state index in [0.717, 1.165) is 80.6 Å². The largest absolute Gasteiger partial charge is 0.393 e. The number of ether oxygens (including phenoxy) is 1. The van der Waals surface area contributed by atoms with Gasteiger partial charge in [0.15, 0.2) is 0 Å². The molecule has 3 aromatic rings. The zero-order valence-corrected chi connectivity index (χ0v) is 24.6. The van der Waals surface area contributed by atoms with Gasteiger partial charge in [-0.1, -0.05) is 38.3 Å². The molecule has 0 radical (unpaired) electrons. The van der Waals surface area contributed by atoms with Crippen molar-refractivity contribution in [1.82, 2.24) is 20.4 Å². The lowest BCUT2D eigenvalue weighted by Crippen LogP contribution is -2.59. The van der Waals surface area contributed by atoms with Gasteiger partial charge in [-0.25, -0.2) is 0 Å². The first kappa shape index (κ1) is 28.2. The summed E-state index contributed by atoms with van der Waals surface area (Å²) in [6.45, 7) is 8.50. The van der Waals surface area contributed by atoms with Crippen molar-refractivity contribution in [2.45, 2.75) is 88.9 Å². The molecule has 3 atom stereocenters. The molecule has 0 bridgehead atoms. The Hall–Kier alpha value is -2.94. The first-order valence-corrected chi connectivity index (χ1v) is 15.6. The van der Waals surface area contributed by atoms with Crippen LogP contribution in [0, 0.1) is 0 Å². The van der Waals surface area contributed by atoms with Crippen LogP contribution in [0.2, 0.25) is 0 Å². The molecule has 2 aromatic carbocycles. The molecule has 3 heterocycles. The fourth-order valence-corrected chi connectivity index (χ4v) is 7.59. The highest BCUT2D eigenvalue weighted by Gasteiger charge is 2.39. The number of amides is 1. The highest BCUT2D eigenvalue weighted by molar-refractivity contribution is 6.01. The molecule has 1 saturated carbocycles. The lowest BCUT2D eigenvalue weighted by molar-refractivity contribution is -0.0361. The van der Waals surface area contributed by atoms with E-state index in [4.69, 9.17) is 4.74 Å². The fraction of sp³-hybridized carbons (Fsp3) is 0.576. The first-order chi connectivity index (χ1) is 20.0. The second-order valence-electron chi connectivity index (χ2n) is 12.4. The number of fused-ring (bicyclic) bond motifs is 1. The molecule has 41 heavy (non-hydrogen) atoms. The van der Waals surface area contributed by atoms with Crippen LogP contribution in [0.15, 0.2) is 42.5 Å². The summed E-state index contributed by atoms with van der Waals surface area (Å²) >= 11 is 0. The summed E-state index contributed by atoms with van der Waals surface area (Å²) < 4.78 is 5.62. The Morgan fingerprint density at radius 1 is 1.10 bits per heavy atom. The minimum Gasteiger partial charge on any atom is -0.393 e. The van der Waals surface area contributed by atoms with E-state index in [9.17, 15) is 9.90 Å². The molecule has 2 aliphatic heterocycles. The van der Waals surface area contributed by atoms with Crippen LogP contribution in [-0.2, 0) is 4.74 Å². The SMILES string of the molecule is CCC1CC(O)CC(C)N1c1ccc(-c2n[nH]c3ccc(C(=O)NCC4(N5CCOCC5)CCCCC4)cc23)cc1. The number of aromatic nitrogens is 2. The molecule has 3 aliphatic rings. The average Bonchev–Trinajstić information content (AvgIpc) is 3.44. The van der Waals surface area contributed by atoms with Gasteiger partial charge in [0.05, 0.1) is 30.5 Å². The molecule has 220 valence electrons. The van der Waals surface area contributed by atoms with Crippen molar-refractivity contribution in [2.24, 2.45) is 0 Å². The van der Waals surface area contributed by atoms with Crippen LogP contribution in [0.4, 0.5) is 5.69 Å². The van der Waals surface area contributed by atoms with Crippen LogP contribution in [0.5, 0.6) is 0 Å². The van der Waals surface area contributed by atoms with Crippen LogP contribution in [0.25, 0.3) is 22.2 Å². The predicted octanol–water partition coefficient (Wildman–Crippen LogP) is 5.12. The molecular weight excluding hydrogens is 514 g/mol. The van der Waals surface area contributed by atoms with Crippen LogP contribution in [0.3, 0.4) is 0 Å². The maximum Gasteiger partial charge on any atom is 0.251 e. The molecule has 3 unspecified atom stereocenters. The Morgan fingerprint density at radius 2 is 1.85 bits per heavy atom. The summed E-state index contributed by atoms with van der Waals surface area (Å²) in [5.74, 6) is -0.0283. The van der Waals surface area contributed by atoms with Crippen molar-refractivity contribution in [1.29, 1.82) is 0 Å². The summed E-state index contributed by atoms with van der Waals surface area (Å²) in [6.07, 6.45) is 8.35. The number of aliphatic hydroxyl groups excluding tert-OH is 1. The second kappa shape index (κ2) is 12.1. The Morgan fingerprint density at radius 3 is 2.59 bits per heavy atom. The van der Waals surface area contributed by atoms with E-state index in [0.29, 0.717) is 18.2 Å². The summed E-state index contributed by atoms with van der Waals surface area (Å²) in [7, 11) is 0. The molecule has 3 fully saturated rings. The Balaban J connectivity index is 1.20. The molecule has 1 amide bonds. The van der Waals surface area contributed by atoms with Gasteiger partial charge in [-0.2, -0.15) is 5.10 Å². The van der Waals surface area contributed by atoms with Crippen molar-refractivity contribution in [3.63, 3.8) is 0 Å². The number of aliphatic hydroxyl groups is 1. The molecule has 6 rings (SSSR count). The zero-order chi connectivity index (χ0) is 28.4. The summed E-state index contributed by atoms with van der Waals surface area (Å²) in [5.41, 5.74) is 4.66. The number of carbonyl (C=O) groups excluding carboxylic acids is 1. The summed E-state index contributed by atoms with van der Waals surface area (Å²) in [6, 6.07) is 15.0. The maximum absolute atomic E-state index is 13.5. The van der Waals surface area contributed by atoms with E-state index in [-0.39, 0.29) is 23.6 Å². The number of piperidine rings is 1. The van der Waals surface area contributed by atoms with E-state index in [2.05, 4.69) is 63.4 Å². The molecule has 8 nitrogen and oxygen atoms in total. The normalized spacial score (nSPS) is 25.3. The highest BCUT2D eigenvalue weighted by atomic mass is 16.5. The van der Waals surface area contributed by atoms with Crippen LogP contribution in [0.1, 0.15) is 75.6 Å². The smallest absolute Gasteiger partial charge is 0.251 e. The average molecular weight is 560 g/mol. The summed E-state index contributed by atoms with van der Waals surface area (Å²) in [5, 5.41) is 22.3. The molecule has 0 spiro atoms. The van der Waals surface area contributed by atoms with E-state index in [1.165, 1.54) is 24.9 Å². The Bertz CT molecular complexity index is 1330. The van der Waals surface area contributed by atoms with Crippen molar-refractivity contribution in [3.8, 4) is 11.3 Å². The third kappa shape index (κ3) is 5.74. The number of hydrogen-bond donors (Lipinski definition) is 3. The van der Waals surface area contributed by atoms with E-state index < -0.39 is 0 Å². The highest BCUT2D eigenvalue weighted by Crippen LogP contribution is 2.35. The van der Waals surface area contributed by atoms with Gasteiger partial charge in [0.1, 0.15) is 0 Å². The van der Waals surface area contributed by atoms with Gasteiger partial charge in [0.2, 0.25) is 0 Å². The lowest BCUT2D eigenvalue weighted by atomic mass is 9.79. The number of anilines is 1.